The summed E-state index contributed by atoms with van der Waals surface area (Å²) >= 11 is 0. The second-order valence-corrected chi connectivity index (χ2v) is 5.64. The number of phenols is 3. The van der Waals surface area contributed by atoms with E-state index in [-0.39, 0.29) is 11.7 Å². The third-order valence-electron chi connectivity index (χ3n) is 3.58. The molecule has 0 saturated carbocycles. The summed E-state index contributed by atoms with van der Waals surface area (Å²) in [5, 5.41) is 28.1. The molecule has 0 radical (unpaired) electrons. The molecular weight excluding hydrogens is 296 g/mol. The summed E-state index contributed by atoms with van der Waals surface area (Å²) < 4.78 is 5.28. The summed E-state index contributed by atoms with van der Waals surface area (Å²) in [6.45, 7) is 3.83. The number of ether oxygens (including phenoxy) is 1. The quantitative estimate of drug-likeness (QED) is 0.273. The van der Waals surface area contributed by atoms with Gasteiger partial charge in [0.15, 0.2) is 17.2 Å². The lowest BCUT2D eigenvalue weighted by Gasteiger charge is -2.13. The second kappa shape index (κ2) is 9.77. The number of benzene rings is 1. The van der Waals surface area contributed by atoms with Crippen LogP contribution in [0.15, 0.2) is 24.3 Å². The molecule has 5 heteroatoms. The van der Waals surface area contributed by atoms with Crippen molar-refractivity contribution in [3.63, 3.8) is 0 Å². The van der Waals surface area contributed by atoms with E-state index in [1.54, 1.807) is 0 Å². The molecule has 0 spiro atoms. The molecule has 23 heavy (non-hydrogen) atoms. The minimum Gasteiger partial charge on any atom is -0.504 e. The highest BCUT2D eigenvalue weighted by Crippen LogP contribution is 2.35. The highest BCUT2D eigenvalue weighted by atomic mass is 16.5. The van der Waals surface area contributed by atoms with Crippen molar-refractivity contribution < 1.29 is 24.9 Å². The number of aromatic hydroxyl groups is 3. The summed E-state index contributed by atoms with van der Waals surface area (Å²) in [6, 6.07) is 2.15. The van der Waals surface area contributed by atoms with Gasteiger partial charge in [-0.15, -0.1) is 0 Å². The van der Waals surface area contributed by atoms with Crippen molar-refractivity contribution in [3.8, 4) is 17.2 Å². The van der Waals surface area contributed by atoms with Crippen LogP contribution in [0.5, 0.6) is 17.2 Å². The van der Waals surface area contributed by atoms with Gasteiger partial charge in [0.1, 0.15) is 0 Å². The Hall–Kier alpha value is -2.17. The number of carbonyl (C=O) groups excluding carboxylic acids is 1. The fourth-order valence-electron chi connectivity index (χ4n) is 2.25. The lowest BCUT2D eigenvalue weighted by atomic mass is 10.1. The van der Waals surface area contributed by atoms with Gasteiger partial charge < -0.3 is 20.1 Å². The molecule has 3 N–H and O–H groups in total. The van der Waals surface area contributed by atoms with Gasteiger partial charge in [-0.05, 0) is 51.7 Å². The van der Waals surface area contributed by atoms with Gasteiger partial charge in [-0.2, -0.15) is 0 Å². The lowest BCUT2D eigenvalue weighted by Crippen LogP contribution is -2.15. The van der Waals surface area contributed by atoms with E-state index in [0.29, 0.717) is 0 Å². The molecule has 0 heterocycles. The van der Waals surface area contributed by atoms with Crippen LogP contribution in [-0.2, 0) is 4.74 Å². The van der Waals surface area contributed by atoms with Crippen molar-refractivity contribution in [1.29, 1.82) is 0 Å². The molecule has 0 bridgehead atoms. The molecule has 0 aliphatic carbocycles. The first kappa shape index (κ1) is 18.9. The molecular formula is C18H26O5. The van der Waals surface area contributed by atoms with Crippen molar-refractivity contribution in [1.82, 2.24) is 0 Å². The molecule has 0 amide bonds. The van der Waals surface area contributed by atoms with Crippen molar-refractivity contribution in [2.45, 2.75) is 58.5 Å². The van der Waals surface area contributed by atoms with E-state index in [9.17, 15) is 20.1 Å². The standard InChI is InChI=1S/C18H26O5/c1-3-4-5-6-7-8-9-10-13(2)23-18(22)14-11-15(19)17(21)16(20)12-14/h3-4,11-13,19-21H,5-10H2,1-2H3. The van der Waals surface area contributed by atoms with Crippen molar-refractivity contribution in [3.05, 3.63) is 29.8 Å². The summed E-state index contributed by atoms with van der Waals surface area (Å²) in [7, 11) is 0. The van der Waals surface area contributed by atoms with Gasteiger partial charge in [0, 0.05) is 0 Å². The normalized spacial score (nSPS) is 12.4. The van der Waals surface area contributed by atoms with Crippen LogP contribution in [0.3, 0.4) is 0 Å². The van der Waals surface area contributed by atoms with Gasteiger partial charge in [-0.25, -0.2) is 4.79 Å². The number of hydrogen-bond acceptors (Lipinski definition) is 5. The zero-order chi connectivity index (χ0) is 17.2. The zero-order valence-corrected chi connectivity index (χ0v) is 13.8. The monoisotopic (exact) mass is 322 g/mol. The average Bonchev–Trinajstić information content (AvgIpc) is 2.51. The average molecular weight is 322 g/mol. The van der Waals surface area contributed by atoms with E-state index in [1.165, 1.54) is 6.42 Å². The Labute approximate surface area is 137 Å². The topological polar surface area (TPSA) is 87.0 Å². The van der Waals surface area contributed by atoms with Crippen LogP contribution in [0.25, 0.3) is 0 Å². The van der Waals surface area contributed by atoms with E-state index in [0.717, 1.165) is 44.2 Å². The highest BCUT2D eigenvalue weighted by molar-refractivity contribution is 5.91. The van der Waals surface area contributed by atoms with E-state index in [2.05, 4.69) is 12.2 Å². The number of esters is 1. The van der Waals surface area contributed by atoms with E-state index in [1.807, 2.05) is 13.8 Å². The minimum absolute atomic E-state index is 0.0102. The molecule has 1 atom stereocenters. The van der Waals surface area contributed by atoms with E-state index in [4.69, 9.17) is 4.74 Å². The smallest absolute Gasteiger partial charge is 0.338 e. The Morgan fingerprint density at radius 3 is 2.35 bits per heavy atom. The van der Waals surface area contributed by atoms with Crippen LogP contribution in [0.1, 0.15) is 62.7 Å². The van der Waals surface area contributed by atoms with Crippen LogP contribution in [0.2, 0.25) is 0 Å². The summed E-state index contributed by atoms with van der Waals surface area (Å²) in [5.74, 6) is -2.37. The van der Waals surface area contributed by atoms with Gasteiger partial charge >= 0.3 is 5.97 Å². The van der Waals surface area contributed by atoms with Gasteiger partial charge in [0.25, 0.3) is 0 Å². The van der Waals surface area contributed by atoms with Crippen molar-refractivity contribution in [2.24, 2.45) is 0 Å². The maximum atomic E-state index is 11.9. The number of rotatable bonds is 9. The third-order valence-corrected chi connectivity index (χ3v) is 3.58. The molecule has 1 aromatic rings. The Kier molecular flexibility index (Phi) is 8.02. The van der Waals surface area contributed by atoms with Gasteiger partial charge in [0.05, 0.1) is 11.7 Å². The largest absolute Gasteiger partial charge is 0.504 e. The maximum Gasteiger partial charge on any atom is 0.338 e. The highest BCUT2D eigenvalue weighted by Gasteiger charge is 2.16. The van der Waals surface area contributed by atoms with Crippen LogP contribution < -0.4 is 0 Å². The van der Waals surface area contributed by atoms with E-state index < -0.39 is 23.2 Å². The Morgan fingerprint density at radius 1 is 1.13 bits per heavy atom. The molecule has 1 rings (SSSR count). The maximum absolute atomic E-state index is 11.9. The number of unbranched alkanes of at least 4 members (excludes halogenated alkanes) is 4. The van der Waals surface area contributed by atoms with Gasteiger partial charge in [-0.1, -0.05) is 25.0 Å². The predicted octanol–water partition coefficient (Wildman–Crippen LogP) is 4.27. The van der Waals surface area contributed by atoms with E-state index >= 15 is 0 Å². The molecule has 0 aliphatic rings. The van der Waals surface area contributed by atoms with Crippen LogP contribution in [-0.4, -0.2) is 27.4 Å². The molecule has 5 nitrogen and oxygen atoms in total. The van der Waals surface area contributed by atoms with Gasteiger partial charge in [0.2, 0.25) is 0 Å². The van der Waals surface area contributed by atoms with Crippen molar-refractivity contribution in [2.75, 3.05) is 0 Å². The summed E-state index contributed by atoms with van der Waals surface area (Å²) in [5.41, 5.74) is 0.0102. The van der Waals surface area contributed by atoms with Crippen LogP contribution in [0.4, 0.5) is 0 Å². The Bertz CT molecular complexity index is 513. The molecule has 0 saturated heterocycles. The van der Waals surface area contributed by atoms with Crippen LogP contribution >= 0.6 is 0 Å². The summed E-state index contributed by atoms with van der Waals surface area (Å²) in [4.78, 5) is 11.9. The van der Waals surface area contributed by atoms with Crippen molar-refractivity contribution >= 4 is 5.97 Å². The molecule has 128 valence electrons. The first-order valence-corrected chi connectivity index (χ1v) is 8.02. The van der Waals surface area contributed by atoms with Crippen LogP contribution in [0, 0.1) is 0 Å². The third kappa shape index (κ3) is 6.63. The molecule has 1 aromatic carbocycles. The summed E-state index contributed by atoms with van der Waals surface area (Å²) in [6.07, 6.45) is 10.3. The molecule has 0 fully saturated rings. The number of hydrogen-bond donors (Lipinski definition) is 3. The fraction of sp³-hybridized carbons (Fsp3) is 0.500. The molecule has 0 aromatic heterocycles. The first-order valence-electron chi connectivity index (χ1n) is 8.02. The number of carbonyl (C=O) groups is 1. The number of allylic oxidation sites excluding steroid dienone is 2. The second-order valence-electron chi connectivity index (χ2n) is 5.64. The Balaban J connectivity index is 2.34. The fourth-order valence-corrected chi connectivity index (χ4v) is 2.25. The van der Waals surface area contributed by atoms with Gasteiger partial charge in [-0.3, -0.25) is 0 Å². The first-order chi connectivity index (χ1) is 11.0. The molecule has 1 unspecified atom stereocenters. The predicted molar refractivity (Wildman–Crippen MR) is 88.8 cm³/mol. The molecule has 0 aliphatic heterocycles. The SMILES string of the molecule is CC=CCCCCCCC(C)OC(=O)c1cc(O)c(O)c(O)c1. The minimum atomic E-state index is -0.646. The zero-order valence-electron chi connectivity index (χ0n) is 13.8. The lowest BCUT2D eigenvalue weighted by molar-refractivity contribution is 0.0318. The number of phenolic OH excluding ortho intramolecular Hbond substituents is 3. The Morgan fingerprint density at radius 2 is 1.74 bits per heavy atom.